The molecule has 0 radical (unpaired) electrons. The van der Waals surface area contributed by atoms with Gasteiger partial charge in [0, 0.05) is 37.1 Å². The molecule has 0 unspecified atom stereocenters. The molecule has 2 aromatic heterocycles. The van der Waals surface area contributed by atoms with Crippen LogP contribution in [0.4, 0.5) is 5.82 Å². The Morgan fingerprint density at radius 1 is 1.03 bits per heavy atom. The maximum atomic E-state index is 13.1. The largest absolute Gasteiger partial charge is 0.356 e. The highest BCUT2D eigenvalue weighted by Crippen LogP contribution is 2.35. The van der Waals surface area contributed by atoms with Crippen LogP contribution in [0.15, 0.2) is 54.7 Å². The van der Waals surface area contributed by atoms with Crippen molar-refractivity contribution < 1.29 is 4.79 Å². The Balaban J connectivity index is 1.41. The number of nitrogens with zero attached hydrogens (tertiary/aromatic N) is 5. The number of aryl methyl sites for hydroxylation is 1. The van der Waals surface area contributed by atoms with Gasteiger partial charge in [-0.15, -0.1) is 0 Å². The first-order valence-corrected chi connectivity index (χ1v) is 11.6. The van der Waals surface area contributed by atoms with Crippen LogP contribution in [0, 0.1) is 6.92 Å². The lowest BCUT2D eigenvalue weighted by molar-refractivity contribution is 0.0723. The average molecular weight is 428 g/mol. The maximum absolute atomic E-state index is 13.1. The summed E-state index contributed by atoms with van der Waals surface area (Å²) in [5.41, 5.74) is 4.13. The Labute approximate surface area is 189 Å². The van der Waals surface area contributed by atoms with Gasteiger partial charge in [-0.1, -0.05) is 36.4 Å². The van der Waals surface area contributed by atoms with Crippen LogP contribution < -0.4 is 4.90 Å². The number of pyridine rings is 1. The summed E-state index contributed by atoms with van der Waals surface area (Å²) in [4.78, 5) is 31.7. The minimum absolute atomic E-state index is 0.0343. The van der Waals surface area contributed by atoms with Crippen molar-refractivity contribution in [1.29, 1.82) is 0 Å². The predicted octanol–water partition coefficient (Wildman–Crippen LogP) is 4.15. The van der Waals surface area contributed by atoms with Gasteiger partial charge in [0.15, 0.2) is 5.82 Å². The molecule has 4 heterocycles. The Morgan fingerprint density at radius 2 is 1.88 bits per heavy atom. The third-order valence-electron chi connectivity index (χ3n) is 6.57. The minimum Gasteiger partial charge on any atom is -0.356 e. The van der Waals surface area contributed by atoms with E-state index in [2.05, 4.69) is 47.1 Å². The normalized spacial score (nSPS) is 18.0. The summed E-state index contributed by atoms with van der Waals surface area (Å²) < 4.78 is 0. The average Bonchev–Trinajstić information content (AvgIpc) is 3.33. The zero-order chi connectivity index (χ0) is 21.9. The van der Waals surface area contributed by atoms with Crippen LogP contribution in [0.5, 0.6) is 0 Å². The number of likely N-dealkylation sites (tertiary alicyclic amines) is 1. The van der Waals surface area contributed by atoms with Crippen molar-refractivity contribution >= 4 is 11.7 Å². The third kappa shape index (κ3) is 4.09. The van der Waals surface area contributed by atoms with Gasteiger partial charge in [0.1, 0.15) is 11.5 Å². The monoisotopic (exact) mass is 427 g/mol. The van der Waals surface area contributed by atoms with E-state index in [1.807, 2.05) is 17.0 Å². The second kappa shape index (κ2) is 9.07. The lowest BCUT2D eigenvalue weighted by atomic mass is 10.0. The summed E-state index contributed by atoms with van der Waals surface area (Å²) in [7, 11) is 0. The Hall–Kier alpha value is -3.28. The molecule has 1 aromatic carbocycles. The number of hydrogen-bond acceptors (Lipinski definition) is 5. The van der Waals surface area contributed by atoms with E-state index in [1.54, 1.807) is 12.3 Å². The van der Waals surface area contributed by atoms with Crippen LogP contribution in [0.25, 0.3) is 0 Å². The fourth-order valence-corrected chi connectivity index (χ4v) is 4.90. The van der Waals surface area contributed by atoms with E-state index < -0.39 is 0 Å². The molecule has 2 aliphatic heterocycles. The summed E-state index contributed by atoms with van der Waals surface area (Å²) in [5.74, 6) is 1.80. The van der Waals surface area contributed by atoms with Gasteiger partial charge >= 0.3 is 0 Å². The summed E-state index contributed by atoms with van der Waals surface area (Å²) >= 11 is 0. The van der Waals surface area contributed by atoms with E-state index in [0.717, 1.165) is 69.1 Å². The molecule has 3 aromatic rings. The number of aromatic nitrogens is 3. The molecular formula is C26H29N5O. The van der Waals surface area contributed by atoms with Gasteiger partial charge in [-0.25, -0.2) is 9.97 Å². The van der Waals surface area contributed by atoms with Gasteiger partial charge in [0.25, 0.3) is 5.91 Å². The smallest absolute Gasteiger partial charge is 0.273 e. The number of amides is 1. The van der Waals surface area contributed by atoms with Crippen molar-refractivity contribution in [3.63, 3.8) is 0 Å². The first kappa shape index (κ1) is 20.6. The molecule has 0 spiro atoms. The SMILES string of the molecule is Cc1nc([C@@H]2CCCN2C(=O)c2ccccn2)nc2c1CCCN2CCc1ccccc1. The van der Waals surface area contributed by atoms with Gasteiger partial charge < -0.3 is 9.80 Å². The van der Waals surface area contributed by atoms with Crippen LogP contribution in [0.2, 0.25) is 0 Å². The van der Waals surface area contributed by atoms with Gasteiger partial charge in [-0.05, 0) is 56.7 Å². The van der Waals surface area contributed by atoms with Gasteiger partial charge in [-0.2, -0.15) is 0 Å². The molecule has 0 saturated carbocycles. The highest BCUT2D eigenvalue weighted by atomic mass is 16.2. The third-order valence-corrected chi connectivity index (χ3v) is 6.57. The van der Waals surface area contributed by atoms with Crippen LogP contribution in [-0.4, -0.2) is 45.4 Å². The van der Waals surface area contributed by atoms with E-state index in [-0.39, 0.29) is 11.9 Å². The summed E-state index contributed by atoms with van der Waals surface area (Å²) in [6, 6.07) is 16.0. The van der Waals surface area contributed by atoms with E-state index in [9.17, 15) is 4.79 Å². The second-order valence-corrected chi connectivity index (χ2v) is 8.67. The molecule has 0 bridgehead atoms. The van der Waals surface area contributed by atoms with E-state index in [4.69, 9.17) is 9.97 Å². The van der Waals surface area contributed by atoms with Crippen molar-refractivity contribution in [3.8, 4) is 0 Å². The summed E-state index contributed by atoms with van der Waals surface area (Å²) in [5, 5.41) is 0. The number of hydrogen-bond donors (Lipinski definition) is 0. The molecule has 1 saturated heterocycles. The zero-order valence-corrected chi connectivity index (χ0v) is 18.6. The van der Waals surface area contributed by atoms with Gasteiger partial charge in [0.2, 0.25) is 0 Å². The van der Waals surface area contributed by atoms with Crippen LogP contribution >= 0.6 is 0 Å². The second-order valence-electron chi connectivity index (χ2n) is 8.67. The first-order valence-electron chi connectivity index (χ1n) is 11.6. The zero-order valence-electron chi connectivity index (χ0n) is 18.6. The van der Waals surface area contributed by atoms with Crippen molar-refractivity contribution in [2.24, 2.45) is 0 Å². The topological polar surface area (TPSA) is 62.2 Å². The number of rotatable bonds is 5. The lowest BCUT2D eigenvalue weighted by Crippen LogP contribution is -2.35. The predicted molar refractivity (Wildman–Crippen MR) is 125 cm³/mol. The maximum Gasteiger partial charge on any atom is 0.273 e. The van der Waals surface area contributed by atoms with Crippen LogP contribution in [0.1, 0.15) is 58.4 Å². The number of fused-ring (bicyclic) bond motifs is 1. The minimum atomic E-state index is -0.0913. The standard InChI is InChI=1S/C26H29N5O/c1-19-21-11-7-16-30(18-14-20-9-3-2-4-10-20)25(21)29-24(28-19)23-13-8-17-31(23)26(32)22-12-5-6-15-27-22/h2-6,9-10,12,15,23H,7-8,11,13-14,16-18H2,1H3/t23-/m0/s1. The lowest BCUT2D eigenvalue weighted by Gasteiger charge is -2.32. The van der Waals surface area contributed by atoms with Crippen molar-refractivity contribution in [3.05, 3.63) is 83.1 Å². The van der Waals surface area contributed by atoms with Crippen molar-refractivity contribution in [1.82, 2.24) is 19.9 Å². The molecule has 1 amide bonds. The molecule has 2 aliphatic rings. The number of carbonyl (C=O) groups is 1. The highest BCUT2D eigenvalue weighted by molar-refractivity contribution is 5.92. The molecule has 0 aliphatic carbocycles. The van der Waals surface area contributed by atoms with E-state index >= 15 is 0 Å². The van der Waals surface area contributed by atoms with Gasteiger partial charge in [-0.3, -0.25) is 9.78 Å². The molecule has 1 fully saturated rings. The molecular weight excluding hydrogens is 398 g/mol. The Bertz CT molecular complexity index is 1090. The summed E-state index contributed by atoms with van der Waals surface area (Å²) in [6.45, 7) is 4.76. The molecule has 5 rings (SSSR count). The van der Waals surface area contributed by atoms with Crippen LogP contribution in [-0.2, 0) is 12.8 Å². The molecule has 32 heavy (non-hydrogen) atoms. The molecule has 6 nitrogen and oxygen atoms in total. The fourth-order valence-electron chi connectivity index (χ4n) is 4.90. The van der Waals surface area contributed by atoms with Crippen molar-refractivity contribution in [2.75, 3.05) is 24.5 Å². The molecule has 0 N–H and O–H groups in total. The molecule has 164 valence electrons. The Morgan fingerprint density at radius 3 is 2.69 bits per heavy atom. The highest BCUT2D eigenvalue weighted by Gasteiger charge is 2.34. The molecule has 6 heteroatoms. The number of anilines is 1. The first-order chi connectivity index (χ1) is 15.7. The summed E-state index contributed by atoms with van der Waals surface area (Å²) in [6.07, 6.45) is 6.65. The van der Waals surface area contributed by atoms with Crippen LogP contribution in [0.3, 0.4) is 0 Å². The Kier molecular flexibility index (Phi) is 5.84. The number of carbonyl (C=O) groups excluding carboxylic acids is 1. The van der Waals surface area contributed by atoms with E-state index in [0.29, 0.717) is 5.69 Å². The quantitative estimate of drug-likeness (QED) is 0.612. The van der Waals surface area contributed by atoms with E-state index in [1.165, 1.54) is 11.1 Å². The molecule has 1 atom stereocenters. The number of benzene rings is 1. The van der Waals surface area contributed by atoms with Gasteiger partial charge in [0.05, 0.1) is 6.04 Å². The fraction of sp³-hybridized carbons (Fsp3) is 0.385. The van der Waals surface area contributed by atoms with Crippen molar-refractivity contribution in [2.45, 2.75) is 45.1 Å².